The van der Waals surface area contributed by atoms with Gasteiger partial charge in [-0.25, -0.2) is 0 Å². The largest absolute Gasteiger partial charge is 0.340 e. The van der Waals surface area contributed by atoms with Gasteiger partial charge in [0.2, 0.25) is 5.91 Å². The van der Waals surface area contributed by atoms with E-state index in [9.17, 15) is 4.79 Å². The first kappa shape index (κ1) is 16.9. The van der Waals surface area contributed by atoms with Gasteiger partial charge in [0.05, 0.1) is 11.7 Å². The van der Waals surface area contributed by atoms with Crippen molar-refractivity contribution in [1.82, 2.24) is 14.7 Å². The molecule has 0 saturated carbocycles. The fourth-order valence-corrected chi connectivity index (χ4v) is 1.96. The van der Waals surface area contributed by atoms with Crippen molar-refractivity contribution in [1.29, 1.82) is 0 Å². The highest BCUT2D eigenvalue weighted by molar-refractivity contribution is 5.85. The average molecular weight is 275 g/mol. The standard InChI is InChI=1S/C12H22N4O.ClH/c1-5-6-12(2,13)11(17)15(3)8-10-7-14-16(4)9-10;/h7,9H,5-6,8,13H2,1-4H3;1H. The zero-order valence-electron chi connectivity index (χ0n) is 11.5. The first-order chi connectivity index (χ1) is 7.86. The molecule has 6 heteroatoms. The molecular weight excluding hydrogens is 252 g/mol. The first-order valence-corrected chi connectivity index (χ1v) is 5.89. The van der Waals surface area contributed by atoms with Crippen molar-refractivity contribution in [2.24, 2.45) is 12.8 Å². The lowest BCUT2D eigenvalue weighted by molar-refractivity contribution is -0.135. The molecule has 1 heterocycles. The SMILES string of the molecule is CCCC(C)(N)C(=O)N(C)Cc1cnn(C)c1.Cl. The minimum absolute atomic E-state index is 0. The Morgan fingerprint density at radius 3 is 2.67 bits per heavy atom. The number of likely N-dealkylation sites (N-methyl/N-ethyl adjacent to an activating group) is 1. The first-order valence-electron chi connectivity index (χ1n) is 5.89. The van der Waals surface area contributed by atoms with E-state index in [0.717, 1.165) is 12.0 Å². The predicted molar refractivity (Wildman–Crippen MR) is 74.4 cm³/mol. The van der Waals surface area contributed by atoms with E-state index in [0.29, 0.717) is 13.0 Å². The van der Waals surface area contributed by atoms with Crippen molar-refractivity contribution in [3.63, 3.8) is 0 Å². The summed E-state index contributed by atoms with van der Waals surface area (Å²) in [7, 11) is 3.63. The van der Waals surface area contributed by atoms with Crippen LogP contribution in [0.3, 0.4) is 0 Å². The second-order valence-corrected chi connectivity index (χ2v) is 4.85. The van der Waals surface area contributed by atoms with E-state index in [1.807, 2.05) is 20.2 Å². The summed E-state index contributed by atoms with van der Waals surface area (Å²) in [5.74, 6) is -0.0248. The quantitative estimate of drug-likeness (QED) is 0.881. The number of carbonyl (C=O) groups is 1. The molecule has 0 radical (unpaired) electrons. The molecule has 0 aromatic carbocycles. The van der Waals surface area contributed by atoms with Crippen LogP contribution in [-0.4, -0.2) is 33.2 Å². The Morgan fingerprint density at radius 1 is 1.61 bits per heavy atom. The second-order valence-electron chi connectivity index (χ2n) is 4.85. The summed E-state index contributed by atoms with van der Waals surface area (Å²) in [4.78, 5) is 13.8. The van der Waals surface area contributed by atoms with Crippen LogP contribution >= 0.6 is 12.4 Å². The van der Waals surface area contributed by atoms with Crippen LogP contribution in [-0.2, 0) is 18.4 Å². The van der Waals surface area contributed by atoms with E-state index in [1.165, 1.54) is 0 Å². The summed E-state index contributed by atoms with van der Waals surface area (Å²) >= 11 is 0. The molecular formula is C12H23ClN4O. The van der Waals surface area contributed by atoms with Crippen molar-refractivity contribution in [3.8, 4) is 0 Å². The normalized spacial score (nSPS) is 13.6. The summed E-state index contributed by atoms with van der Waals surface area (Å²) in [6.45, 7) is 4.36. The number of aromatic nitrogens is 2. The van der Waals surface area contributed by atoms with Gasteiger partial charge >= 0.3 is 0 Å². The van der Waals surface area contributed by atoms with Crippen LogP contribution in [0.1, 0.15) is 32.3 Å². The van der Waals surface area contributed by atoms with E-state index >= 15 is 0 Å². The number of hydrogen-bond donors (Lipinski definition) is 1. The zero-order valence-corrected chi connectivity index (χ0v) is 12.3. The number of amides is 1. The maximum absolute atomic E-state index is 12.1. The molecule has 1 atom stereocenters. The summed E-state index contributed by atoms with van der Waals surface area (Å²) in [5.41, 5.74) is 6.26. The Bertz CT molecular complexity index is 389. The van der Waals surface area contributed by atoms with Crippen LogP contribution in [0.15, 0.2) is 12.4 Å². The molecule has 0 aliphatic heterocycles. The molecule has 1 aromatic rings. The lowest BCUT2D eigenvalue weighted by atomic mass is 9.96. The molecule has 0 bridgehead atoms. The van der Waals surface area contributed by atoms with Gasteiger partial charge in [0.15, 0.2) is 0 Å². The maximum atomic E-state index is 12.1. The minimum Gasteiger partial charge on any atom is -0.340 e. The van der Waals surface area contributed by atoms with Gasteiger partial charge < -0.3 is 10.6 Å². The van der Waals surface area contributed by atoms with E-state index in [2.05, 4.69) is 5.10 Å². The van der Waals surface area contributed by atoms with Crippen molar-refractivity contribution in [3.05, 3.63) is 18.0 Å². The van der Waals surface area contributed by atoms with Crippen molar-refractivity contribution < 1.29 is 4.79 Å². The van der Waals surface area contributed by atoms with Crippen LogP contribution in [0.2, 0.25) is 0 Å². The third kappa shape index (κ3) is 4.31. The molecule has 5 nitrogen and oxygen atoms in total. The molecule has 1 unspecified atom stereocenters. The summed E-state index contributed by atoms with van der Waals surface area (Å²) in [5, 5.41) is 4.07. The van der Waals surface area contributed by atoms with Gasteiger partial charge in [-0.05, 0) is 13.3 Å². The van der Waals surface area contributed by atoms with Gasteiger partial charge in [-0.15, -0.1) is 12.4 Å². The predicted octanol–water partition coefficient (Wildman–Crippen LogP) is 1.32. The third-order valence-electron chi connectivity index (χ3n) is 2.78. The molecule has 0 spiro atoms. The number of carbonyl (C=O) groups excluding carboxylic acids is 1. The monoisotopic (exact) mass is 274 g/mol. The Labute approximate surface area is 115 Å². The topological polar surface area (TPSA) is 64.2 Å². The Kier molecular flexibility index (Phi) is 6.35. The van der Waals surface area contributed by atoms with E-state index in [-0.39, 0.29) is 18.3 Å². The smallest absolute Gasteiger partial charge is 0.242 e. The fraction of sp³-hybridized carbons (Fsp3) is 0.667. The summed E-state index contributed by atoms with van der Waals surface area (Å²) < 4.78 is 1.72. The summed E-state index contributed by atoms with van der Waals surface area (Å²) in [6.07, 6.45) is 5.26. The molecule has 1 rings (SSSR count). The zero-order chi connectivity index (χ0) is 13.1. The molecule has 0 saturated heterocycles. The molecule has 0 aliphatic rings. The van der Waals surface area contributed by atoms with Crippen LogP contribution in [0.5, 0.6) is 0 Å². The van der Waals surface area contributed by atoms with Gasteiger partial charge in [-0.3, -0.25) is 9.48 Å². The van der Waals surface area contributed by atoms with Crippen LogP contribution in [0.4, 0.5) is 0 Å². The highest BCUT2D eigenvalue weighted by Crippen LogP contribution is 2.13. The van der Waals surface area contributed by atoms with Crippen LogP contribution < -0.4 is 5.73 Å². The molecule has 104 valence electrons. The Morgan fingerprint density at radius 2 is 2.22 bits per heavy atom. The Hall–Kier alpha value is -1.07. The number of halogens is 1. The fourth-order valence-electron chi connectivity index (χ4n) is 1.96. The molecule has 2 N–H and O–H groups in total. The van der Waals surface area contributed by atoms with Crippen molar-refractivity contribution in [2.45, 2.75) is 38.8 Å². The molecule has 0 fully saturated rings. The lowest BCUT2D eigenvalue weighted by Gasteiger charge is -2.28. The van der Waals surface area contributed by atoms with Crippen LogP contribution in [0.25, 0.3) is 0 Å². The maximum Gasteiger partial charge on any atom is 0.242 e. The van der Waals surface area contributed by atoms with Gasteiger partial charge in [-0.2, -0.15) is 5.10 Å². The van der Waals surface area contributed by atoms with E-state index in [1.54, 1.807) is 29.7 Å². The van der Waals surface area contributed by atoms with E-state index in [4.69, 9.17) is 5.73 Å². The van der Waals surface area contributed by atoms with Crippen molar-refractivity contribution >= 4 is 18.3 Å². The van der Waals surface area contributed by atoms with Gasteiger partial charge in [0.1, 0.15) is 0 Å². The lowest BCUT2D eigenvalue weighted by Crippen LogP contribution is -2.51. The third-order valence-corrected chi connectivity index (χ3v) is 2.78. The number of hydrogen-bond acceptors (Lipinski definition) is 3. The molecule has 18 heavy (non-hydrogen) atoms. The van der Waals surface area contributed by atoms with Gasteiger partial charge in [0, 0.05) is 32.4 Å². The van der Waals surface area contributed by atoms with Crippen molar-refractivity contribution in [2.75, 3.05) is 7.05 Å². The number of nitrogens with two attached hydrogens (primary N) is 1. The van der Waals surface area contributed by atoms with Gasteiger partial charge in [0.25, 0.3) is 0 Å². The Balaban J connectivity index is 0.00000289. The minimum atomic E-state index is -0.772. The summed E-state index contributed by atoms with van der Waals surface area (Å²) in [6, 6.07) is 0. The highest BCUT2D eigenvalue weighted by atomic mass is 35.5. The number of aryl methyl sites for hydroxylation is 1. The molecule has 1 aromatic heterocycles. The second kappa shape index (κ2) is 6.75. The average Bonchev–Trinajstić information content (AvgIpc) is 2.62. The molecule has 1 amide bonds. The van der Waals surface area contributed by atoms with Gasteiger partial charge in [-0.1, -0.05) is 13.3 Å². The highest BCUT2D eigenvalue weighted by Gasteiger charge is 2.30. The number of rotatable bonds is 5. The number of nitrogens with zero attached hydrogens (tertiary/aromatic N) is 3. The van der Waals surface area contributed by atoms with Crippen LogP contribution in [0, 0.1) is 0 Å². The molecule has 0 aliphatic carbocycles. The van der Waals surface area contributed by atoms with E-state index < -0.39 is 5.54 Å².